The normalized spacial score (nSPS) is 25.7. The lowest BCUT2D eigenvalue weighted by Crippen LogP contribution is -2.37. The van der Waals surface area contributed by atoms with Crippen molar-refractivity contribution in [1.29, 1.82) is 0 Å². The van der Waals surface area contributed by atoms with E-state index in [1.165, 1.54) is 0 Å². The third-order valence-electron chi connectivity index (χ3n) is 2.86. The van der Waals surface area contributed by atoms with Gasteiger partial charge in [-0.1, -0.05) is 11.6 Å². The Morgan fingerprint density at radius 1 is 1.47 bits per heavy atom. The van der Waals surface area contributed by atoms with Gasteiger partial charge in [0.25, 0.3) is 0 Å². The van der Waals surface area contributed by atoms with E-state index in [-0.39, 0.29) is 5.97 Å². The highest BCUT2D eigenvalue weighted by molar-refractivity contribution is 6.31. The zero-order valence-corrected chi connectivity index (χ0v) is 11.6. The maximum atomic E-state index is 12.1. The Morgan fingerprint density at radius 2 is 2.06 bits per heavy atom. The quantitative estimate of drug-likeness (QED) is 0.564. The van der Waals surface area contributed by atoms with Gasteiger partial charge in [0, 0.05) is 10.6 Å². The topological polar surface area (TPSA) is 43.4 Å². The van der Waals surface area contributed by atoms with Gasteiger partial charge < -0.3 is 4.74 Å². The van der Waals surface area contributed by atoms with Crippen molar-refractivity contribution >= 4 is 23.9 Å². The van der Waals surface area contributed by atoms with Crippen molar-refractivity contribution in [2.75, 3.05) is 0 Å². The molecule has 0 aromatic rings. The molecule has 1 aliphatic rings. The van der Waals surface area contributed by atoms with Gasteiger partial charge in [0.1, 0.15) is 11.9 Å². The fourth-order valence-electron chi connectivity index (χ4n) is 1.83. The van der Waals surface area contributed by atoms with Crippen molar-refractivity contribution in [2.24, 2.45) is 5.41 Å². The molecule has 0 fully saturated rings. The molecule has 0 bridgehead atoms. The van der Waals surface area contributed by atoms with Gasteiger partial charge in [-0.15, -0.1) is 0 Å². The Balaban J connectivity index is 2.84. The molecule has 0 unspecified atom stereocenters. The fraction of sp³-hybridized carbons (Fsp3) is 0.692. The summed E-state index contributed by atoms with van der Waals surface area (Å²) in [5, 5.41) is 0.570. The zero-order chi connectivity index (χ0) is 13.3. The average molecular weight is 259 g/mol. The Labute approximate surface area is 107 Å². The van der Waals surface area contributed by atoms with Gasteiger partial charge in [-0.25, -0.2) is 0 Å². The second-order valence-corrected chi connectivity index (χ2v) is 6.24. The summed E-state index contributed by atoms with van der Waals surface area (Å²) in [6.45, 7) is 7.33. The van der Waals surface area contributed by atoms with Crippen LogP contribution >= 0.6 is 11.6 Å². The number of halogens is 1. The first-order chi connectivity index (χ1) is 7.68. The van der Waals surface area contributed by atoms with Gasteiger partial charge in [0.15, 0.2) is 0 Å². The van der Waals surface area contributed by atoms with Crippen LogP contribution < -0.4 is 0 Å². The minimum absolute atomic E-state index is 0.256. The molecule has 17 heavy (non-hydrogen) atoms. The molecule has 1 aliphatic carbocycles. The number of carbonyl (C=O) groups excluding carboxylic acids is 2. The van der Waals surface area contributed by atoms with Crippen molar-refractivity contribution in [2.45, 2.75) is 52.6 Å². The van der Waals surface area contributed by atoms with Crippen molar-refractivity contribution in [3.8, 4) is 0 Å². The number of allylic oxidation sites excluding steroid dienone is 2. The number of hydrogen-bond acceptors (Lipinski definition) is 3. The van der Waals surface area contributed by atoms with E-state index in [2.05, 4.69) is 0 Å². The Morgan fingerprint density at radius 3 is 2.53 bits per heavy atom. The van der Waals surface area contributed by atoms with E-state index >= 15 is 0 Å². The fourth-order valence-corrected chi connectivity index (χ4v) is 2.04. The Hall–Kier alpha value is -0.830. The smallest absolute Gasteiger partial charge is 0.312 e. The number of esters is 1. The molecule has 0 saturated carbocycles. The number of carbonyl (C=O) groups is 2. The monoisotopic (exact) mass is 258 g/mol. The van der Waals surface area contributed by atoms with Crippen LogP contribution in [0.15, 0.2) is 10.6 Å². The molecule has 4 heteroatoms. The zero-order valence-electron chi connectivity index (χ0n) is 10.8. The van der Waals surface area contributed by atoms with Gasteiger partial charge in [-0.2, -0.15) is 0 Å². The number of rotatable bonds is 2. The average Bonchev–Trinajstić information content (AvgIpc) is 2.19. The summed E-state index contributed by atoms with van der Waals surface area (Å²) < 4.78 is 5.39. The van der Waals surface area contributed by atoms with E-state index in [0.717, 1.165) is 6.29 Å². The lowest BCUT2D eigenvalue weighted by atomic mass is 9.75. The highest BCUT2D eigenvalue weighted by Gasteiger charge is 2.40. The van der Waals surface area contributed by atoms with E-state index < -0.39 is 11.0 Å². The van der Waals surface area contributed by atoms with Crippen molar-refractivity contribution in [3.05, 3.63) is 10.6 Å². The summed E-state index contributed by atoms with van der Waals surface area (Å²) in [4.78, 5) is 23.0. The molecule has 0 aromatic heterocycles. The van der Waals surface area contributed by atoms with Crippen LogP contribution in [0.1, 0.15) is 47.0 Å². The molecule has 1 atom stereocenters. The van der Waals surface area contributed by atoms with Crippen molar-refractivity contribution < 1.29 is 14.3 Å². The molecule has 0 aliphatic heterocycles. The van der Waals surface area contributed by atoms with Gasteiger partial charge >= 0.3 is 5.97 Å². The van der Waals surface area contributed by atoms with Crippen LogP contribution in [0.25, 0.3) is 0 Å². The molecule has 3 nitrogen and oxygen atoms in total. The Kier molecular flexibility index (Phi) is 4.03. The van der Waals surface area contributed by atoms with Gasteiger partial charge in [-0.05, 0) is 47.0 Å². The van der Waals surface area contributed by atoms with Crippen LogP contribution in [0.3, 0.4) is 0 Å². The maximum absolute atomic E-state index is 12.1. The molecule has 0 amide bonds. The first kappa shape index (κ1) is 14.2. The number of hydrogen-bond donors (Lipinski definition) is 0. The van der Waals surface area contributed by atoms with Gasteiger partial charge in [-0.3, -0.25) is 9.59 Å². The van der Waals surface area contributed by atoms with Crippen molar-refractivity contribution in [1.82, 2.24) is 0 Å². The molecule has 0 saturated heterocycles. The largest absolute Gasteiger partial charge is 0.460 e. The van der Waals surface area contributed by atoms with Gasteiger partial charge in [0.05, 0.1) is 5.41 Å². The molecule has 1 rings (SSSR count). The predicted octanol–water partition coefficient (Wildman–Crippen LogP) is 3.21. The summed E-state index contributed by atoms with van der Waals surface area (Å²) >= 11 is 5.94. The minimum Gasteiger partial charge on any atom is -0.460 e. The molecule has 96 valence electrons. The molecule has 0 heterocycles. The summed E-state index contributed by atoms with van der Waals surface area (Å²) in [6, 6.07) is 0. The van der Waals surface area contributed by atoms with E-state index in [0.29, 0.717) is 29.9 Å². The highest BCUT2D eigenvalue weighted by Crippen LogP contribution is 2.41. The molecule has 0 radical (unpaired) electrons. The second kappa shape index (κ2) is 4.81. The summed E-state index contributed by atoms with van der Waals surface area (Å²) in [5.41, 5.74) is -0.625. The molecule has 0 spiro atoms. The summed E-state index contributed by atoms with van der Waals surface area (Å²) in [6.07, 6.45) is 2.29. The lowest BCUT2D eigenvalue weighted by molar-refractivity contribution is -0.167. The van der Waals surface area contributed by atoms with Crippen LogP contribution in [-0.4, -0.2) is 17.9 Å². The first-order valence-corrected chi connectivity index (χ1v) is 6.12. The first-order valence-electron chi connectivity index (χ1n) is 5.74. The Bertz CT molecular complexity index is 365. The highest BCUT2D eigenvalue weighted by atomic mass is 35.5. The number of ether oxygens (including phenoxy) is 1. The van der Waals surface area contributed by atoms with E-state index in [4.69, 9.17) is 16.3 Å². The minimum atomic E-state index is -0.637. The number of aldehydes is 1. The van der Waals surface area contributed by atoms with Crippen LogP contribution in [0.2, 0.25) is 0 Å². The third-order valence-corrected chi connectivity index (χ3v) is 3.29. The van der Waals surface area contributed by atoms with Crippen LogP contribution in [0.5, 0.6) is 0 Å². The molecule has 0 aromatic carbocycles. The lowest BCUT2D eigenvalue weighted by Gasteiger charge is -2.34. The summed E-state index contributed by atoms with van der Waals surface area (Å²) in [7, 11) is 0. The van der Waals surface area contributed by atoms with Crippen LogP contribution in [0, 0.1) is 5.41 Å². The second-order valence-electron chi connectivity index (χ2n) is 5.79. The summed E-state index contributed by atoms with van der Waals surface area (Å²) in [5.74, 6) is -0.256. The van der Waals surface area contributed by atoms with E-state index in [9.17, 15) is 9.59 Å². The molecule has 0 N–H and O–H groups in total. The maximum Gasteiger partial charge on any atom is 0.312 e. The SMILES string of the molecule is CC(C)(C)OC(=O)[C@]1(C)CCC(Cl)=C(C=O)C1. The van der Waals surface area contributed by atoms with Gasteiger partial charge in [0.2, 0.25) is 0 Å². The van der Waals surface area contributed by atoms with Crippen LogP contribution in [0.4, 0.5) is 0 Å². The van der Waals surface area contributed by atoms with Crippen molar-refractivity contribution in [3.63, 3.8) is 0 Å². The van der Waals surface area contributed by atoms with Crippen LogP contribution in [-0.2, 0) is 14.3 Å². The van der Waals surface area contributed by atoms with E-state index in [1.807, 2.05) is 27.7 Å². The molecular weight excluding hydrogens is 240 g/mol. The van der Waals surface area contributed by atoms with E-state index in [1.54, 1.807) is 0 Å². The standard InChI is InChI=1S/C13H19ClO3/c1-12(2,3)17-11(16)13(4)6-5-10(14)9(7-13)8-15/h8H,5-7H2,1-4H3/t13-/m1/s1. The molecular formula is C13H19ClO3. The predicted molar refractivity (Wildman–Crippen MR) is 66.7 cm³/mol. The third kappa shape index (κ3) is 3.56.